The summed E-state index contributed by atoms with van der Waals surface area (Å²) in [5, 5.41) is 12.4. The maximum atomic E-state index is 14.7. The van der Waals surface area contributed by atoms with Gasteiger partial charge < -0.3 is 29.7 Å². The lowest BCUT2D eigenvalue weighted by atomic mass is 9.74. The van der Waals surface area contributed by atoms with E-state index in [-0.39, 0.29) is 56.8 Å². The summed E-state index contributed by atoms with van der Waals surface area (Å²) in [6.45, 7) is 5.91. The number of para-hydroxylation sites is 1. The van der Waals surface area contributed by atoms with E-state index in [1.165, 1.54) is 4.90 Å². The van der Waals surface area contributed by atoms with Crippen LogP contribution in [-0.4, -0.2) is 83.8 Å². The number of anilines is 1. The third-order valence-electron chi connectivity index (χ3n) is 8.31. The van der Waals surface area contributed by atoms with Gasteiger partial charge in [-0.15, -0.1) is 0 Å². The van der Waals surface area contributed by atoms with Crippen molar-refractivity contribution < 1.29 is 33.8 Å². The van der Waals surface area contributed by atoms with Crippen LogP contribution >= 0.6 is 0 Å². The Morgan fingerprint density at radius 1 is 1.10 bits per heavy atom. The molecule has 1 spiro atoms. The molecular formula is C30H37N3O7. The van der Waals surface area contributed by atoms with Crippen LogP contribution in [0.25, 0.3) is 0 Å². The monoisotopic (exact) mass is 551 g/mol. The van der Waals surface area contributed by atoms with E-state index < -0.39 is 41.7 Å². The van der Waals surface area contributed by atoms with Gasteiger partial charge in [-0.2, -0.15) is 0 Å². The van der Waals surface area contributed by atoms with Crippen LogP contribution in [0.5, 0.6) is 0 Å². The van der Waals surface area contributed by atoms with Crippen molar-refractivity contribution in [2.24, 2.45) is 11.8 Å². The molecule has 2 fully saturated rings. The molecule has 6 atom stereocenters. The summed E-state index contributed by atoms with van der Waals surface area (Å²) in [6, 6.07) is 4.76. The number of likely N-dealkylation sites (tertiary alicyclic amines) is 1. The van der Waals surface area contributed by atoms with Crippen LogP contribution in [-0.2, 0) is 28.7 Å². The first-order valence-corrected chi connectivity index (χ1v) is 14.0. The zero-order valence-corrected chi connectivity index (χ0v) is 23.2. The minimum atomic E-state index is -1.33. The number of allylic oxidation sites excluding steroid dienone is 1. The van der Waals surface area contributed by atoms with Gasteiger partial charge in [-0.25, -0.2) is 0 Å². The normalized spacial score (nSPS) is 33.2. The number of aliphatic hydroxyl groups is 1. The molecule has 4 heterocycles. The van der Waals surface area contributed by atoms with Crippen molar-refractivity contribution in [2.75, 3.05) is 31.1 Å². The summed E-state index contributed by atoms with van der Waals surface area (Å²) >= 11 is 0. The molecule has 40 heavy (non-hydrogen) atoms. The first kappa shape index (κ1) is 28.0. The van der Waals surface area contributed by atoms with Crippen molar-refractivity contribution in [3.8, 4) is 0 Å². The molecule has 214 valence electrons. The van der Waals surface area contributed by atoms with Gasteiger partial charge in [0, 0.05) is 31.8 Å². The fourth-order valence-corrected chi connectivity index (χ4v) is 6.55. The number of benzene rings is 1. The van der Waals surface area contributed by atoms with E-state index >= 15 is 0 Å². The topological polar surface area (TPSA) is 125 Å². The number of ether oxygens (including phenoxy) is 2. The fraction of sp³-hybridized carbons (Fsp3) is 0.533. The maximum absolute atomic E-state index is 14.7. The van der Waals surface area contributed by atoms with Crippen LogP contribution < -0.4 is 10.2 Å². The molecule has 1 aromatic carbocycles. The third kappa shape index (κ3) is 4.73. The van der Waals surface area contributed by atoms with Gasteiger partial charge in [0.05, 0.1) is 18.6 Å². The summed E-state index contributed by atoms with van der Waals surface area (Å²) in [5.41, 5.74) is 1.20. The Morgan fingerprint density at radius 2 is 1.85 bits per heavy atom. The number of hydrogen-bond donors (Lipinski definition) is 2. The highest BCUT2D eigenvalue weighted by Gasteiger charge is 2.73. The van der Waals surface area contributed by atoms with E-state index in [4.69, 9.17) is 9.47 Å². The lowest BCUT2D eigenvalue weighted by molar-refractivity contribution is -0.158. The number of rotatable bonds is 4. The highest BCUT2D eigenvalue weighted by atomic mass is 16.6. The SMILES string of the molecule is Cc1cccc(C)c1N1C/C=C\CCC(=O)NC[C@@H](C)OC(=O)[C@@H]2[C@@H]3C=C[C@]4(O3)[C@H](C1=O)N(CCCO)C(=O)[C@@H]24. The zero-order valence-electron chi connectivity index (χ0n) is 23.2. The molecule has 1 aromatic rings. The van der Waals surface area contributed by atoms with Gasteiger partial charge >= 0.3 is 5.97 Å². The second kappa shape index (κ2) is 11.2. The second-order valence-electron chi connectivity index (χ2n) is 11.1. The van der Waals surface area contributed by atoms with Crippen molar-refractivity contribution in [1.82, 2.24) is 10.2 Å². The van der Waals surface area contributed by atoms with E-state index in [1.54, 1.807) is 24.0 Å². The third-order valence-corrected chi connectivity index (χ3v) is 8.31. The summed E-state index contributed by atoms with van der Waals surface area (Å²) in [4.78, 5) is 57.6. The van der Waals surface area contributed by atoms with Crippen molar-refractivity contribution in [3.63, 3.8) is 0 Å². The number of aryl methyl sites for hydroxylation is 2. The van der Waals surface area contributed by atoms with E-state index in [1.807, 2.05) is 44.2 Å². The lowest BCUT2D eigenvalue weighted by Gasteiger charge is -2.36. The first-order chi connectivity index (χ1) is 19.2. The van der Waals surface area contributed by atoms with E-state index in [9.17, 15) is 24.3 Å². The zero-order chi connectivity index (χ0) is 28.6. The fourth-order valence-electron chi connectivity index (χ4n) is 6.55. The number of carbonyl (C=O) groups is 4. The summed E-state index contributed by atoms with van der Waals surface area (Å²) < 4.78 is 12.1. The molecular weight excluding hydrogens is 514 g/mol. The average Bonchev–Trinajstić information content (AvgIpc) is 3.55. The molecule has 0 aliphatic carbocycles. The van der Waals surface area contributed by atoms with Crippen LogP contribution in [0.3, 0.4) is 0 Å². The van der Waals surface area contributed by atoms with E-state index in [0.29, 0.717) is 6.42 Å². The van der Waals surface area contributed by atoms with E-state index in [2.05, 4.69) is 5.32 Å². The molecule has 10 nitrogen and oxygen atoms in total. The maximum Gasteiger partial charge on any atom is 0.313 e. The molecule has 0 unspecified atom stereocenters. The van der Waals surface area contributed by atoms with Crippen LogP contribution in [0.2, 0.25) is 0 Å². The Labute approximate surface area is 234 Å². The van der Waals surface area contributed by atoms with Crippen LogP contribution in [0.4, 0.5) is 5.69 Å². The largest absolute Gasteiger partial charge is 0.460 e. The van der Waals surface area contributed by atoms with Crippen molar-refractivity contribution in [1.29, 1.82) is 0 Å². The molecule has 5 bridgehead atoms. The summed E-state index contributed by atoms with van der Waals surface area (Å²) in [7, 11) is 0. The lowest BCUT2D eigenvalue weighted by Crippen LogP contribution is -2.56. The first-order valence-electron chi connectivity index (χ1n) is 14.0. The van der Waals surface area contributed by atoms with Crippen LogP contribution in [0, 0.1) is 25.7 Å². The standard InChI is InChI=1S/C30H37N3O7/c1-18-9-7-10-19(2)25(18)32-14-6-4-5-11-22(35)31-17-20(3)39-29(38)23-21-12-13-30(40-21)24(23)27(36)33(15-8-16-34)26(30)28(32)37/h4,6-7,9-10,12-13,20-21,23-24,26,34H,5,8,11,14-17H2,1-3H3,(H,31,35)/b6-4-/t20-,21+,23-,24-,26+,30-/m1/s1. The molecule has 10 heteroatoms. The Kier molecular flexibility index (Phi) is 7.83. The molecule has 4 aliphatic heterocycles. The number of nitrogens with zero attached hydrogens (tertiary/aromatic N) is 2. The molecule has 4 aliphatic rings. The van der Waals surface area contributed by atoms with Gasteiger partial charge in [-0.3, -0.25) is 19.2 Å². The number of carbonyl (C=O) groups excluding carboxylic acids is 4. The Bertz CT molecular complexity index is 1240. The number of esters is 1. The quantitative estimate of drug-likeness (QED) is 0.430. The van der Waals surface area contributed by atoms with Crippen molar-refractivity contribution in [2.45, 2.75) is 63.9 Å². The number of aliphatic hydroxyl groups excluding tert-OH is 1. The van der Waals surface area contributed by atoms with Gasteiger partial charge in [0.25, 0.3) is 5.91 Å². The van der Waals surface area contributed by atoms with Gasteiger partial charge in [-0.05, 0) is 44.7 Å². The van der Waals surface area contributed by atoms with Crippen molar-refractivity contribution in [3.05, 3.63) is 53.6 Å². The van der Waals surface area contributed by atoms with Gasteiger partial charge in [0.1, 0.15) is 23.7 Å². The number of nitrogens with one attached hydrogen (secondary N) is 1. The average molecular weight is 552 g/mol. The molecule has 5 rings (SSSR count). The number of amides is 3. The van der Waals surface area contributed by atoms with Gasteiger partial charge in [0.15, 0.2) is 0 Å². The molecule has 0 radical (unpaired) electrons. The number of hydrogen-bond acceptors (Lipinski definition) is 7. The summed E-state index contributed by atoms with van der Waals surface area (Å²) in [5.74, 6) is -3.31. The Hall–Kier alpha value is -3.50. The highest BCUT2D eigenvalue weighted by molar-refractivity contribution is 6.06. The van der Waals surface area contributed by atoms with Gasteiger partial charge in [-0.1, -0.05) is 42.5 Å². The summed E-state index contributed by atoms with van der Waals surface area (Å²) in [6.07, 6.45) is 6.94. The minimum absolute atomic E-state index is 0.145. The predicted octanol–water partition coefficient (Wildman–Crippen LogP) is 1.57. The highest BCUT2D eigenvalue weighted by Crippen LogP contribution is 2.55. The number of fused-ring (bicyclic) bond motifs is 2. The van der Waals surface area contributed by atoms with Crippen molar-refractivity contribution >= 4 is 29.4 Å². The van der Waals surface area contributed by atoms with Crippen LogP contribution in [0.15, 0.2) is 42.5 Å². The molecule has 0 saturated carbocycles. The second-order valence-corrected chi connectivity index (χ2v) is 11.1. The Morgan fingerprint density at radius 3 is 2.58 bits per heavy atom. The van der Waals surface area contributed by atoms with E-state index in [0.717, 1.165) is 16.8 Å². The smallest absolute Gasteiger partial charge is 0.313 e. The minimum Gasteiger partial charge on any atom is -0.460 e. The molecule has 2 N–H and O–H groups in total. The molecule has 0 aromatic heterocycles. The molecule has 2 saturated heterocycles. The predicted molar refractivity (Wildman–Crippen MR) is 146 cm³/mol. The molecule has 3 amide bonds. The van der Waals surface area contributed by atoms with Gasteiger partial charge in [0.2, 0.25) is 11.8 Å². The number of cyclic esters (lactones) is 1. The van der Waals surface area contributed by atoms with Crippen LogP contribution in [0.1, 0.15) is 37.3 Å². The Balaban J connectivity index is 1.62.